The highest BCUT2D eigenvalue weighted by molar-refractivity contribution is 5.93. The summed E-state index contributed by atoms with van der Waals surface area (Å²) in [5.41, 5.74) is 0.655. The summed E-state index contributed by atoms with van der Waals surface area (Å²) in [4.78, 5) is 27.9. The van der Waals surface area contributed by atoms with E-state index in [9.17, 15) is 9.59 Å². The molecule has 4 heterocycles. The molecule has 9 heteroatoms. The van der Waals surface area contributed by atoms with Crippen molar-refractivity contribution < 1.29 is 13.7 Å². The Hall–Kier alpha value is -3.72. The van der Waals surface area contributed by atoms with Gasteiger partial charge in [0.15, 0.2) is 11.5 Å². The maximum absolute atomic E-state index is 12.9. The van der Waals surface area contributed by atoms with E-state index in [1.807, 2.05) is 18.2 Å². The number of rotatable bonds is 7. The molecule has 1 fully saturated rings. The van der Waals surface area contributed by atoms with Crippen molar-refractivity contribution in [2.24, 2.45) is 0 Å². The van der Waals surface area contributed by atoms with Gasteiger partial charge in [-0.05, 0) is 44.1 Å². The molecule has 3 aromatic heterocycles. The summed E-state index contributed by atoms with van der Waals surface area (Å²) >= 11 is 0. The molecule has 32 heavy (non-hydrogen) atoms. The molecule has 1 amide bonds. The molecule has 4 aromatic rings. The van der Waals surface area contributed by atoms with Crippen LogP contribution in [0.1, 0.15) is 29.0 Å². The van der Waals surface area contributed by atoms with E-state index in [2.05, 4.69) is 20.5 Å². The first-order valence-corrected chi connectivity index (χ1v) is 10.7. The Morgan fingerprint density at radius 1 is 1.03 bits per heavy atom. The summed E-state index contributed by atoms with van der Waals surface area (Å²) in [6, 6.07) is 12.3. The number of hydrogen-bond donors (Lipinski definition) is 1. The van der Waals surface area contributed by atoms with E-state index in [4.69, 9.17) is 8.94 Å². The Kier molecular flexibility index (Phi) is 5.55. The summed E-state index contributed by atoms with van der Waals surface area (Å²) in [5, 5.41) is 12.6. The van der Waals surface area contributed by atoms with Crippen molar-refractivity contribution in [1.82, 2.24) is 25.2 Å². The number of aromatic nitrogens is 3. The fourth-order valence-corrected chi connectivity index (χ4v) is 4.00. The molecule has 0 saturated carbocycles. The standard InChI is InChI=1S/C23H23N5O4/c29-22(18-14-21(32-26-18)20-8-5-13-31-20)24-15-19-16-6-1-2-7-17(16)23(30)28(25-19)12-11-27-9-3-4-10-27/h1-2,5-8,13-14H,3-4,9-12,15H2,(H,24,29). The maximum Gasteiger partial charge on any atom is 0.274 e. The van der Waals surface area contributed by atoms with Gasteiger partial charge >= 0.3 is 0 Å². The number of fused-ring (bicyclic) bond motifs is 1. The fourth-order valence-electron chi connectivity index (χ4n) is 4.00. The Labute approximate surface area is 183 Å². The van der Waals surface area contributed by atoms with E-state index < -0.39 is 5.91 Å². The lowest BCUT2D eigenvalue weighted by Crippen LogP contribution is -2.32. The summed E-state index contributed by atoms with van der Waals surface area (Å²) in [5.74, 6) is 0.473. The SMILES string of the molecule is O=C(NCc1nn(CCN2CCCC2)c(=O)c2ccccc12)c1cc(-c2ccco2)on1. The van der Waals surface area contributed by atoms with Crippen LogP contribution < -0.4 is 10.9 Å². The predicted molar refractivity (Wildman–Crippen MR) is 117 cm³/mol. The van der Waals surface area contributed by atoms with Crippen LogP contribution in [0.3, 0.4) is 0 Å². The van der Waals surface area contributed by atoms with E-state index >= 15 is 0 Å². The van der Waals surface area contributed by atoms with Crippen molar-refractivity contribution in [1.29, 1.82) is 0 Å². The van der Waals surface area contributed by atoms with Gasteiger partial charge in [-0.2, -0.15) is 5.10 Å². The van der Waals surface area contributed by atoms with Gasteiger partial charge in [0.2, 0.25) is 5.76 Å². The number of carbonyl (C=O) groups excluding carboxylic acids is 1. The molecule has 0 unspecified atom stereocenters. The zero-order chi connectivity index (χ0) is 21.9. The second-order valence-corrected chi connectivity index (χ2v) is 7.81. The third-order valence-corrected chi connectivity index (χ3v) is 5.69. The molecule has 9 nitrogen and oxygen atoms in total. The number of nitrogens with zero attached hydrogens (tertiary/aromatic N) is 4. The van der Waals surface area contributed by atoms with Crippen LogP contribution in [0.4, 0.5) is 0 Å². The van der Waals surface area contributed by atoms with E-state index in [1.54, 1.807) is 18.2 Å². The minimum absolute atomic E-state index is 0.116. The van der Waals surface area contributed by atoms with Crippen LogP contribution >= 0.6 is 0 Å². The average Bonchev–Trinajstić information content (AvgIpc) is 3.60. The molecule has 164 valence electrons. The first-order chi connectivity index (χ1) is 15.7. The lowest BCUT2D eigenvalue weighted by Gasteiger charge is -2.16. The van der Waals surface area contributed by atoms with Crippen LogP contribution in [0.25, 0.3) is 22.3 Å². The van der Waals surface area contributed by atoms with Gasteiger partial charge in [0.25, 0.3) is 11.5 Å². The van der Waals surface area contributed by atoms with E-state index in [1.165, 1.54) is 29.9 Å². The van der Waals surface area contributed by atoms with Crippen LogP contribution in [0.2, 0.25) is 0 Å². The largest absolute Gasteiger partial charge is 0.461 e. The molecule has 0 spiro atoms. The van der Waals surface area contributed by atoms with Crippen LogP contribution in [0, 0.1) is 0 Å². The first kappa shape index (κ1) is 20.2. The van der Waals surface area contributed by atoms with Gasteiger partial charge in [0.05, 0.1) is 30.4 Å². The van der Waals surface area contributed by atoms with Crippen molar-refractivity contribution in [2.75, 3.05) is 19.6 Å². The Bertz CT molecular complexity index is 1290. The molecule has 1 N–H and O–H groups in total. The monoisotopic (exact) mass is 433 g/mol. The van der Waals surface area contributed by atoms with Crippen molar-refractivity contribution in [3.63, 3.8) is 0 Å². The molecule has 0 radical (unpaired) electrons. The van der Waals surface area contributed by atoms with Gasteiger partial charge in [-0.3, -0.25) is 9.59 Å². The number of nitrogens with one attached hydrogen (secondary N) is 1. The molecule has 1 saturated heterocycles. The first-order valence-electron chi connectivity index (χ1n) is 10.7. The zero-order valence-corrected chi connectivity index (χ0v) is 17.5. The van der Waals surface area contributed by atoms with Crippen LogP contribution in [0.5, 0.6) is 0 Å². The lowest BCUT2D eigenvalue weighted by atomic mass is 10.1. The van der Waals surface area contributed by atoms with Gasteiger partial charge in [0.1, 0.15) is 0 Å². The summed E-state index contributed by atoms with van der Waals surface area (Å²) in [7, 11) is 0. The number of hydrogen-bond acceptors (Lipinski definition) is 7. The van der Waals surface area contributed by atoms with Crippen LogP contribution in [-0.2, 0) is 13.1 Å². The molecular formula is C23H23N5O4. The van der Waals surface area contributed by atoms with E-state index in [-0.39, 0.29) is 17.8 Å². The van der Waals surface area contributed by atoms with Gasteiger partial charge < -0.3 is 19.2 Å². The topological polar surface area (TPSA) is 106 Å². The molecule has 0 atom stereocenters. The Morgan fingerprint density at radius 3 is 2.62 bits per heavy atom. The smallest absolute Gasteiger partial charge is 0.274 e. The second-order valence-electron chi connectivity index (χ2n) is 7.81. The van der Waals surface area contributed by atoms with Gasteiger partial charge in [-0.25, -0.2) is 4.68 Å². The Balaban J connectivity index is 1.35. The minimum atomic E-state index is -0.396. The normalized spacial score (nSPS) is 14.2. The molecule has 1 aromatic carbocycles. The molecule has 5 rings (SSSR count). The number of benzene rings is 1. The highest BCUT2D eigenvalue weighted by Crippen LogP contribution is 2.20. The van der Waals surface area contributed by atoms with Crippen molar-refractivity contribution in [2.45, 2.75) is 25.9 Å². The average molecular weight is 433 g/mol. The zero-order valence-electron chi connectivity index (χ0n) is 17.5. The molecule has 0 aliphatic carbocycles. The molecule has 0 bridgehead atoms. The quantitative estimate of drug-likeness (QED) is 0.478. The number of amides is 1. The Morgan fingerprint density at radius 2 is 1.84 bits per heavy atom. The third kappa shape index (κ3) is 4.06. The summed E-state index contributed by atoms with van der Waals surface area (Å²) in [6.07, 6.45) is 3.91. The van der Waals surface area contributed by atoms with Gasteiger partial charge in [0, 0.05) is 18.0 Å². The van der Waals surface area contributed by atoms with Gasteiger partial charge in [-0.1, -0.05) is 23.4 Å². The van der Waals surface area contributed by atoms with Gasteiger partial charge in [-0.15, -0.1) is 0 Å². The minimum Gasteiger partial charge on any atom is -0.461 e. The molecule has 1 aliphatic heterocycles. The van der Waals surface area contributed by atoms with Crippen LogP contribution in [-0.4, -0.2) is 45.4 Å². The maximum atomic E-state index is 12.9. The number of furan rings is 1. The van der Waals surface area contributed by atoms with E-state index in [0.29, 0.717) is 29.1 Å². The van der Waals surface area contributed by atoms with Crippen LogP contribution in [0.15, 0.2) is 62.5 Å². The van der Waals surface area contributed by atoms with Crippen molar-refractivity contribution >= 4 is 16.7 Å². The summed E-state index contributed by atoms with van der Waals surface area (Å²) < 4.78 is 12.0. The highest BCUT2D eigenvalue weighted by atomic mass is 16.5. The number of carbonyl (C=O) groups is 1. The molecule has 1 aliphatic rings. The fraction of sp³-hybridized carbons (Fsp3) is 0.304. The second kappa shape index (κ2) is 8.80. The van der Waals surface area contributed by atoms with Crippen molar-refractivity contribution in [3.05, 3.63) is 70.5 Å². The molecular weight excluding hydrogens is 410 g/mol. The predicted octanol–water partition coefficient (Wildman–Crippen LogP) is 2.67. The van der Waals surface area contributed by atoms with E-state index in [0.717, 1.165) is 25.0 Å². The number of likely N-dealkylation sites (tertiary alicyclic amines) is 1. The summed E-state index contributed by atoms with van der Waals surface area (Å²) in [6.45, 7) is 3.57. The van der Waals surface area contributed by atoms with Crippen molar-refractivity contribution in [3.8, 4) is 11.5 Å². The third-order valence-electron chi connectivity index (χ3n) is 5.69. The highest BCUT2D eigenvalue weighted by Gasteiger charge is 2.17. The lowest BCUT2D eigenvalue weighted by molar-refractivity contribution is 0.0941.